The van der Waals surface area contributed by atoms with Crippen molar-refractivity contribution in [3.63, 3.8) is 0 Å². The van der Waals surface area contributed by atoms with Gasteiger partial charge in [0.05, 0.1) is 11.0 Å². The monoisotopic (exact) mass is 682 g/mol. The van der Waals surface area contributed by atoms with E-state index in [-0.39, 0.29) is 5.41 Å². The van der Waals surface area contributed by atoms with Crippen molar-refractivity contribution in [1.29, 1.82) is 0 Å². The van der Waals surface area contributed by atoms with Gasteiger partial charge in [0.1, 0.15) is 0 Å². The highest BCUT2D eigenvalue weighted by molar-refractivity contribution is 6.10. The lowest BCUT2D eigenvalue weighted by Gasteiger charge is -2.61. The first-order valence-corrected chi connectivity index (χ1v) is 19.4. The van der Waals surface area contributed by atoms with Gasteiger partial charge in [-0.1, -0.05) is 109 Å². The third-order valence-electron chi connectivity index (χ3n) is 13.4. The molecule has 0 amide bonds. The summed E-state index contributed by atoms with van der Waals surface area (Å²) in [5.74, 6) is 5.35. The molecule has 0 saturated heterocycles. The number of aromatic nitrogens is 4. The molecule has 2 aromatic heterocycles. The Kier molecular flexibility index (Phi) is 6.20. The summed E-state index contributed by atoms with van der Waals surface area (Å²) in [5, 5.41) is 2.40. The van der Waals surface area contributed by atoms with Crippen LogP contribution in [0.2, 0.25) is 0 Å². The average Bonchev–Trinajstić information content (AvgIpc) is 3.71. The molecule has 4 heteroatoms. The minimum atomic E-state index is 0.0888. The van der Waals surface area contributed by atoms with Crippen LogP contribution >= 0.6 is 0 Å². The van der Waals surface area contributed by atoms with E-state index < -0.39 is 0 Å². The summed E-state index contributed by atoms with van der Waals surface area (Å²) in [5.41, 5.74) is 12.5. The van der Waals surface area contributed by atoms with Crippen LogP contribution < -0.4 is 0 Å². The maximum atomic E-state index is 5.40. The largest absolute Gasteiger partial charge is 0.309 e. The zero-order chi connectivity index (χ0) is 34.7. The molecule has 254 valence electrons. The van der Waals surface area contributed by atoms with Gasteiger partial charge in [-0.05, 0) is 114 Å². The topological polar surface area (TPSA) is 43.6 Å². The summed E-state index contributed by atoms with van der Waals surface area (Å²) in [4.78, 5) is 15.9. The summed E-state index contributed by atoms with van der Waals surface area (Å²) in [6.45, 7) is 0. The quantitative estimate of drug-likeness (QED) is 0.186. The molecular weight excluding hydrogens is 645 g/mol. The predicted octanol–water partition coefficient (Wildman–Crippen LogP) is 11.7. The predicted molar refractivity (Wildman–Crippen MR) is 214 cm³/mol. The van der Waals surface area contributed by atoms with E-state index in [9.17, 15) is 0 Å². The van der Waals surface area contributed by atoms with E-state index in [0.717, 1.165) is 45.6 Å². The van der Waals surface area contributed by atoms with Crippen LogP contribution in [-0.4, -0.2) is 19.5 Å². The first-order chi connectivity index (χ1) is 26.2. The molecule has 4 fully saturated rings. The van der Waals surface area contributed by atoms with Gasteiger partial charge in [-0.3, -0.25) is 0 Å². The maximum absolute atomic E-state index is 5.40. The van der Waals surface area contributed by atoms with Gasteiger partial charge in [0, 0.05) is 38.6 Å². The first-order valence-electron chi connectivity index (χ1n) is 19.4. The zero-order valence-corrected chi connectivity index (χ0v) is 29.5. The van der Waals surface area contributed by atoms with E-state index in [0.29, 0.717) is 23.5 Å². The van der Waals surface area contributed by atoms with Crippen molar-refractivity contribution >= 4 is 21.8 Å². The van der Waals surface area contributed by atoms with Gasteiger partial charge >= 0.3 is 0 Å². The molecule has 5 aliphatic carbocycles. The summed E-state index contributed by atoms with van der Waals surface area (Å²) in [6, 6.07) is 52.7. The Morgan fingerprint density at radius 2 is 1.06 bits per heavy atom. The second-order valence-electron chi connectivity index (χ2n) is 16.0. The smallest absolute Gasteiger partial charge is 0.164 e. The molecule has 0 atom stereocenters. The van der Waals surface area contributed by atoms with E-state index in [1.54, 1.807) is 5.56 Å². The molecule has 13 rings (SSSR count). The van der Waals surface area contributed by atoms with Crippen molar-refractivity contribution in [2.45, 2.75) is 37.5 Å². The zero-order valence-electron chi connectivity index (χ0n) is 29.5. The Labute approximate surface area is 309 Å². The summed E-state index contributed by atoms with van der Waals surface area (Å²) in [7, 11) is 0. The van der Waals surface area contributed by atoms with Crippen LogP contribution in [0.5, 0.6) is 0 Å². The number of hydrogen-bond acceptors (Lipinski definition) is 3. The average molecular weight is 683 g/mol. The molecule has 4 nitrogen and oxygen atoms in total. The van der Waals surface area contributed by atoms with Gasteiger partial charge in [0.2, 0.25) is 0 Å². The summed E-state index contributed by atoms with van der Waals surface area (Å²) < 4.78 is 2.35. The lowest BCUT2D eigenvalue weighted by atomic mass is 9.43. The second kappa shape index (κ2) is 11.1. The van der Waals surface area contributed by atoms with E-state index in [2.05, 4.69) is 144 Å². The molecule has 0 N–H and O–H groups in total. The van der Waals surface area contributed by atoms with Crippen LogP contribution in [0, 0.1) is 23.7 Å². The van der Waals surface area contributed by atoms with Crippen LogP contribution in [0.25, 0.3) is 72.8 Å². The minimum absolute atomic E-state index is 0.0888. The lowest BCUT2D eigenvalue weighted by Crippen LogP contribution is -2.55. The van der Waals surface area contributed by atoms with Gasteiger partial charge < -0.3 is 4.57 Å². The Bertz CT molecular complexity index is 2720. The van der Waals surface area contributed by atoms with E-state index in [4.69, 9.17) is 15.0 Å². The van der Waals surface area contributed by atoms with Crippen molar-refractivity contribution in [3.8, 4) is 51.0 Å². The van der Waals surface area contributed by atoms with Crippen molar-refractivity contribution in [3.05, 3.63) is 157 Å². The maximum Gasteiger partial charge on any atom is 0.164 e. The highest BCUT2D eigenvalue weighted by Crippen LogP contribution is 2.70. The van der Waals surface area contributed by atoms with Crippen LogP contribution in [-0.2, 0) is 5.41 Å². The van der Waals surface area contributed by atoms with Crippen molar-refractivity contribution in [1.82, 2.24) is 19.5 Å². The fourth-order valence-electron chi connectivity index (χ4n) is 11.7. The molecule has 53 heavy (non-hydrogen) atoms. The molecule has 4 saturated carbocycles. The molecule has 0 unspecified atom stereocenters. The fraction of sp³-hybridized carbons (Fsp3) is 0.204. The number of rotatable bonds is 4. The van der Waals surface area contributed by atoms with Gasteiger partial charge in [0.25, 0.3) is 0 Å². The van der Waals surface area contributed by atoms with Gasteiger partial charge in [-0.25, -0.2) is 15.0 Å². The molecule has 4 bridgehead atoms. The number of fused-ring (bicyclic) bond motifs is 6. The van der Waals surface area contributed by atoms with E-state index in [1.807, 2.05) is 6.07 Å². The van der Waals surface area contributed by atoms with Gasteiger partial charge in [-0.2, -0.15) is 0 Å². The third kappa shape index (κ3) is 4.15. The normalized spacial score (nSPS) is 23.5. The van der Waals surface area contributed by atoms with Crippen molar-refractivity contribution in [2.24, 2.45) is 23.7 Å². The Morgan fingerprint density at radius 1 is 0.453 bits per heavy atom. The molecule has 0 aliphatic heterocycles. The van der Waals surface area contributed by atoms with Gasteiger partial charge in [0.15, 0.2) is 17.5 Å². The van der Waals surface area contributed by atoms with Gasteiger partial charge in [-0.15, -0.1) is 0 Å². The molecule has 5 aliphatic rings. The second-order valence-corrected chi connectivity index (χ2v) is 16.0. The van der Waals surface area contributed by atoms with E-state index >= 15 is 0 Å². The summed E-state index contributed by atoms with van der Waals surface area (Å²) in [6.07, 6.45) is 6.90. The molecule has 0 radical (unpaired) electrons. The number of nitrogens with zero attached hydrogens (tertiary/aromatic N) is 4. The first kappa shape index (κ1) is 29.7. The molecule has 8 aromatic rings. The van der Waals surface area contributed by atoms with Crippen LogP contribution in [0.3, 0.4) is 0 Å². The molecular formula is C49H38N4. The summed E-state index contributed by atoms with van der Waals surface area (Å²) >= 11 is 0. The Balaban J connectivity index is 1.08. The lowest BCUT2D eigenvalue weighted by molar-refractivity contribution is -0.0399. The SMILES string of the molecule is c1ccc(-c2nc(-c3ccc4c(c3)c3ccccc3n4-c3ccccc3)nc(-c3cccc4c3-c3ccccc3C43C4CC5CC(C4)CC3C5)n2)cc1. The number of benzene rings is 6. The van der Waals surface area contributed by atoms with Crippen LogP contribution in [0.1, 0.15) is 43.2 Å². The Hall–Kier alpha value is -5.87. The standard InChI is InChI=1S/C49H38N4/c1-3-12-32(13-4-1)46-50-47(33-22-23-44-40(29-33)37-16-8-10-21-43(37)53(44)36-14-5-2-6-15-36)52-48(51-46)39-18-11-20-42-45(39)38-17-7-9-19-41(38)49(42)34-25-30-24-31(27-34)28-35(49)26-30/h1-23,29-31,34-35H,24-28H2. The minimum Gasteiger partial charge on any atom is -0.309 e. The number of hydrogen-bond donors (Lipinski definition) is 0. The molecule has 2 heterocycles. The van der Waals surface area contributed by atoms with Crippen LogP contribution in [0.15, 0.2) is 146 Å². The van der Waals surface area contributed by atoms with Crippen molar-refractivity contribution in [2.75, 3.05) is 0 Å². The highest BCUT2D eigenvalue weighted by Gasteiger charge is 2.61. The number of para-hydroxylation sites is 2. The third-order valence-corrected chi connectivity index (χ3v) is 13.4. The molecule has 6 aromatic carbocycles. The van der Waals surface area contributed by atoms with Crippen LogP contribution in [0.4, 0.5) is 0 Å². The molecule has 1 spiro atoms. The van der Waals surface area contributed by atoms with Crippen molar-refractivity contribution < 1.29 is 0 Å². The fourth-order valence-corrected chi connectivity index (χ4v) is 11.7. The highest BCUT2D eigenvalue weighted by atomic mass is 15.0. The Morgan fingerprint density at radius 3 is 1.85 bits per heavy atom. The van der Waals surface area contributed by atoms with E-state index in [1.165, 1.54) is 65.1 Å².